The van der Waals surface area contributed by atoms with Crippen LogP contribution in [0.2, 0.25) is 0 Å². The number of benzene rings is 3. The van der Waals surface area contributed by atoms with E-state index in [2.05, 4.69) is 16.3 Å². The molecule has 0 bridgehead atoms. The van der Waals surface area contributed by atoms with Gasteiger partial charge in [0.25, 0.3) is 11.8 Å². The van der Waals surface area contributed by atoms with Crippen molar-refractivity contribution >= 4 is 23.2 Å². The maximum atomic E-state index is 13.9. The summed E-state index contributed by atoms with van der Waals surface area (Å²) in [6.45, 7) is 0.614. The summed E-state index contributed by atoms with van der Waals surface area (Å²) in [5, 5.41) is 2.58. The molecule has 1 unspecified atom stereocenters. The highest BCUT2D eigenvalue weighted by molar-refractivity contribution is 6.08. The molecule has 1 atom stereocenters. The number of fused-ring (bicyclic) bond motifs is 1. The number of carbonyl (C=O) groups excluding carboxylic acids is 2. The zero-order valence-corrected chi connectivity index (χ0v) is 18.5. The number of rotatable bonds is 4. The Morgan fingerprint density at radius 2 is 1.73 bits per heavy atom. The lowest BCUT2D eigenvalue weighted by Crippen LogP contribution is -2.31. The molecular formula is C26H25F2N3O2. The molecule has 0 spiro atoms. The van der Waals surface area contributed by atoms with Gasteiger partial charge in [-0.3, -0.25) is 9.59 Å². The highest BCUT2D eigenvalue weighted by atomic mass is 19.1. The van der Waals surface area contributed by atoms with Gasteiger partial charge in [-0.05, 0) is 75.0 Å². The van der Waals surface area contributed by atoms with Crippen LogP contribution in [0.1, 0.15) is 45.2 Å². The van der Waals surface area contributed by atoms with Gasteiger partial charge in [0.2, 0.25) is 0 Å². The molecule has 1 heterocycles. The molecule has 5 nitrogen and oxygen atoms in total. The SMILES string of the molecule is CN(C)C1CCCN(C(=O)c2ccc(NC(=O)c3ccc(F)cc3F)cc2)c2ccccc21. The number of nitrogens with one attached hydrogen (secondary N) is 1. The average Bonchev–Trinajstić information content (AvgIpc) is 2.99. The van der Waals surface area contributed by atoms with Gasteiger partial charge in [-0.15, -0.1) is 0 Å². The van der Waals surface area contributed by atoms with E-state index >= 15 is 0 Å². The summed E-state index contributed by atoms with van der Waals surface area (Å²) >= 11 is 0. The first-order chi connectivity index (χ1) is 15.8. The predicted molar refractivity (Wildman–Crippen MR) is 125 cm³/mol. The molecule has 2 amide bonds. The van der Waals surface area contributed by atoms with E-state index in [-0.39, 0.29) is 17.5 Å². The predicted octanol–water partition coefficient (Wildman–Crippen LogP) is 5.26. The summed E-state index contributed by atoms with van der Waals surface area (Å²) in [5.41, 5.74) is 2.66. The number of anilines is 2. The molecule has 0 aliphatic carbocycles. The molecule has 4 rings (SSSR count). The van der Waals surface area contributed by atoms with Crippen LogP contribution < -0.4 is 10.2 Å². The standard InChI is InChI=1S/C26H25F2N3O2/c1-30(2)23-8-5-15-31(24-7-4-3-6-21(23)24)26(33)17-9-12-19(13-10-17)29-25(32)20-14-11-18(27)16-22(20)28/h3-4,6-7,9-14,16,23H,5,8,15H2,1-2H3,(H,29,32). The van der Waals surface area contributed by atoms with Gasteiger partial charge in [0.15, 0.2) is 0 Å². The van der Waals surface area contributed by atoms with Crippen molar-refractivity contribution in [2.24, 2.45) is 0 Å². The molecule has 0 aromatic heterocycles. The van der Waals surface area contributed by atoms with Crippen molar-refractivity contribution in [1.29, 1.82) is 0 Å². The van der Waals surface area contributed by atoms with Crippen molar-refractivity contribution in [2.75, 3.05) is 30.9 Å². The van der Waals surface area contributed by atoms with Crippen LogP contribution in [-0.4, -0.2) is 37.4 Å². The van der Waals surface area contributed by atoms with E-state index in [1.807, 2.05) is 32.3 Å². The Morgan fingerprint density at radius 3 is 2.42 bits per heavy atom. The zero-order chi connectivity index (χ0) is 23.5. The summed E-state index contributed by atoms with van der Waals surface area (Å²) in [7, 11) is 4.09. The van der Waals surface area contributed by atoms with Crippen LogP contribution in [0.25, 0.3) is 0 Å². The molecule has 1 aliphatic heterocycles. The van der Waals surface area contributed by atoms with Crippen molar-refractivity contribution < 1.29 is 18.4 Å². The zero-order valence-electron chi connectivity index (χ0n) is 18.5. The second kappa shape index (κ2) is 9.50. The molecule has 33 heavy (non-hydrogen) atoms. The third-order valence-electron chi connectivity index (χ3n) is 5.88. The molecule has 3 aromatic rings. The number of halogens is 2. The smallest absolute Gasteiger partial charge is 0.258 e. The van der Waals surface area contributed by atoms with Crippen molar-refractivity contribution in [1.82, 2.24) is 4.90 Å². The van der Waals surface area contributed by atoms with Crippen LogP contribution in [-0.2, 0) is 0 Å². The van der Waals surface area contributed by atoms with Crippen molar-refractivity contribution in [3.8, 4) is 0 Å². The highest BCUT2D eigenvalue weighted by Crippen LogP contribution is 2.36. The van der Waals surface area contributed by atoms with E-state index < -0.39 is 17.5 Å². The Labute approximate surface area is 191 Å². The number of para-hydroxylation sites is 1. The van der Waals surface area contributed by atoms with Gasteiger partial charge < -0.3 is 15.1 Å². The molecular weight excluding hydrogens is 424 g/mol. The fraction of sp³-hybridized carbons (Fsp3) is 0.231. The third-order valence-corrected chi connectivity index (χ3v) is 5.88. The van der Waals surface area contributed by atoms with Gasteiger partial charge in [-0.25, -0.2) is 8.78 Å². The Hall–Kier alpha value is -3.58. The summed E-state index contributed by atoms with van der Waals surface area (Å²) in [6, 6.07) is 17.5. The molecule has 1 N–H and O–H groups in total. The summed E-state index contributed by atoms with van der Waals surface area (Å²) < 4.78 is 26.9. The first-order valence-corrected chi connectivity index (χ1v) is 10.8. The first kappa shape index (κ1) is 22.6. The number of nitrogens with zero attached hydrogens (tertiary/aromatic N) is 2. The number of hydrogen-bond donors (Lipinski definition) is 1. The highest BCUT2D eigenvalue weighted by Gasteiger charge is 2.27. The lowest BCUT2D eigenvalue weighted by molar-refractivity contribution is 0.0985. The largest absolute Gasteiger partial charge is 0.322 e. The molecule has 0 saturated heterocycles. The Kier molecular flexibility index (Phi) is 6.51. The molecule has 3 aromatic carbocycles. The minimum absolute atomic E-state index is 0.121. The van der Waals surface area contributed by atoms with E-state index in [1.54, 1.807) is 29.2 Å². The van der Waals surface area contributed by atoms with Gasteiger partial charge >= 0.3 is 0 Å². The topological polar surface area (TPSA) is 52.6 Å². The lowest BCUT2D eigenvalue weighted by Gasteiger charge is -2.27. The van der Waals surface area contributed by atoms with Crippen LogP contribution in [0.5, 0.6) is 0 Å². The first-order valence-electron chi connectivity index (χ1n) is 10.8. The van der Waals surface area contributed by atoms with Crippen LogP contribution >= 0.6 is 0 Å². The lowest BCUT2D eigenvalue weighted by atomic mass is 10.0. The molecule has 170 valence electrons. The third kappa shape index (κ3) is 4.78. The Morgan fingerprint density at radius 1 is 1.00 bits per heavy atom. The van der Waals surface area contributed by atoms with Gasteiger partial charge in [0.05, 0.1) is 5.56 Å². The van der Waals surface area contributed by atoms with Crippen LogP contribution in [0.4, 0.5) is 20.2 Å². The van der Waals surface area contributed by atoms with E-state index in [4.69, 9.17) is 0 Å². The minimum atomic E-state index is -0.935. The van der Waals surface area contributed by atoms with Gasteiger partial charge in [-0.2, -0.15) is 0 Å². The Bertz CT molecular complexity index is 1180. The normalized spacial score (nSPS) is 15.7. The van der Waals surface area contributed by atoms with Crippen molar-refractivity contribution in [3.05, 3.63) is 95.1 Å². The molecule has 0 radical (unpaired) electrons. The molecule has 7 heteroatoms. The second-order valence-electron chi connectivity index (χ2n) is 8.29. The summed E-state index contributed by atoms with van der Waals surface area (Å²) in [6.07, 6.45) is 1.83. The maximum Gasteiger partial charge on any atom is 0.258 e. The average molecular weight is 450 g/mol. The van der Waals surface area contributed by atoms with Gasteiger partial charge in [0, 0.05) is 35.6 Å². The summed E-state index contributed by atoms with van der Waals surface area (Å²) in [5.74, 6) is -2.50. The molecule has 0 fully saturated rings. The van der Waals surface area contributed by atoms with Crippen LogP contribution in [0, 0.1) is 11.6 Å². The number of amides is 2. The van der Waals surface area contributed by atoms with Crippen molar-refractivity contribution in [3.63, 3.8) is 0 Å². The van der Waals surface area contributed by atoms with E-state index in [0.717, 1.165) is 36.2 Å². The fourth-order valence-electron chi connectivity index (χ4n) is 4.21. The van der Waals surface area contributed by atoms with Gasteiger partial charge in [-0.1, -0.05) is 18.2 Å². The maximum absolute atomic E-state index is 13.9. The van der Waals surface area contributed by atoms with E-state index in [1.165, 1.54) is 0 Å². The van der Waals surface area contributed by atoms with E-state index in [0.29, 0.717) is 23.9 Å². The second-order valence-corrected chi connectivity index (χ2v) is 8.29. The van der Waals surface area contributed by atoms with Crippen LogP contribution in [0.3, 0.4) is 0 Å². The van der Waals surface area contributed by atoms with Gasteiger partial charge in [0.1, 0.15) is 11.6 Å². The quantitative estimate of drug-likeness (QED) is 0.591. The minimum Gasteiger partial charge on any atom is -0.322 e. The number of carbonyl (C=O) groups is 2. The number of hydrogen-bond acceptors (Lipinski definition) is 3. The van der Waals surface area contributed by atoms with E-state index in [9.17, 15) is 18.4 Å². The Balaban J connectivity index is 1.53. The molecule has 0 saturated carbocycles. The monoisotopic (exact) mass is 449 g/mol. The van der Waals surface area contributed by atoms with Crippen LogP contribution in [0.15, 0.2) is 66.7 Å². The molecule has 1 aliphatic rings. The fourth-order valence-corrected chi connectivity index (χ4v) is 4.21. The van der Waals surface area contributed by atoms with Crippen molar-refractivity contribution in [2.45, 2.75) is 18.9 Å². The summed E-state index contributed by atoms with van der Waals surface area (Å²) in [4.78, 5) is 29.7.